The minimum Gasteiger partial charge on any atom is -0.461 e. The fourth-order valence-electron chi connectivity index (χ4n) is 8.46. The van der Waals surface area contributed by atoms with Gasteiger partial charge in [0.1, 0.15) is 12.0 Å². The summed E-state index contributed by atoms with van der Waals surface area (Å²) in [4.78, 5) is 14.0. The van der Waals surface area contributed by atoms with Gasteiger partial charge in [-0.2, -0.15) is 5.26 Å². The maximum Gasteiger partial charge on any atom is 0.321 e. The highest BCUT2D eigenvalue weighted by Gasteiger charge is 2.60. The lowest BCUT2D eigenvalue weighted by atomic mass is 9.45. The predicted molar refractivity (Wildman–Crippen MR) is 114 cm³/mol. The van der Waals surface area contributed by atoms with Crippen LogP contribution >= 0.6 is 11.6 Å². The topological polar surface area (TPSA) is 53.3 Å². The molecule has 0 aliphatic heterocycles. The van der Waals surface area contributed by atoms with E-state index in [1.165, 1.54) is 44.9 Å². The van der Waals surface area contributed by atoms with E-state index in [4.69, 9.17) is 16.3 Å². The maximum absolute atomic E-state index is 11.7. The van der Waals surface area contributed by atoms with Gasteiger partial charge >= 0.3 is 5.97 Å². The summed E-state index contributed by atoms with van der Waals surface area (Å²) in [5.41, 5.74) is 0.758. The summed E-state index contributed by atoms with van der Waals surface area (Å²) in [6.45, 7) is 5.62. The van der Waals surface area contributed by atoms with Gasteiger partial charge in [0, 0.05) is 6.04 Å². The summed E-state index contributed by atoms with van der Waals surface area (Å²) in [6, 6.07) is 2.92. The fraction of sp³-hybridized carbons (Fsp3) is 0.917. The van der Waals surface area contributed by atoms with Crippen LogP contribution in [0.15, 0.2) is 0 Å². The van der Waals surface area contributed by atoms with E-state index in [9.17, 15) is 10.1 Å². The molecule has 4 nitrogen and oxygen atoms in total. The van der Waals surface area contributed by atoms with Crippen molar-refractivity contribution >= 4 is 17.6 Å². The number of esters is 1. The van der Waals surface area contributed by atoms with Crippen molar-refractivity contribution in [3.8, 4) is 6.07 Å². The van der Waals surface area contributed by atoms with Gasteiger partial charge in [-0.3, -0.25) is 9.69 Å². The monoisotopic (exact) mass is 420 g/mol. The number of alkyl halides is 1. The van der Waals surface area contributed by atoms with Crippen LogP contribution in [-0.2, 0) is 9.53 Å². The van der Waals surface area contributed by atoms with Gasteiger partial charge in [0.2, 0.25) is 0 Å². The number of fused-ring (bicyclic) bond motifs is 5. The molecule has 4 rings (SSSR count). The Hall–Kier alpha value is -0.790. The molecule has 4 aliphatic carbocycles. The van der Waals surface area contributed by atoms with Gasteiger partial charge in [-0.25, -0.2) is 0 Å². The number of hydrogen-bond donors (Lipinski definition) is 0. The number of rotatable bonds is 4. The van der Waals surface area contributed by atoms with Crippen LogP contribution in [0.25, 0.3) is 0 Å². The molecule has 0 aromatic carbocycles. The van der Waals surface area contributed by atoms with Crippen molar-refractivity contribution in [1.29, 1.82) is 5.26 Å². The molecule has 4 aliphatic rings. The molecule has 0 unspecified atom stereocenters. The van der Waals surface area contributed by atoms with E-state index in [0.29, 0.717) is 29.3 Å². The third kappa shape index (κ3) is 3.51. The lowest BCUT2D eigenvalue weighted by molar-refractivity contribution is -0.159. The zero-order chi connectivity index (χ0) is 20.8. The van der Waals surface area contributed by atoms with E-state index >= 15 is 0 Å². The van der Waals surface area contributed by atoms with E-state index < -0.39 is 0 Å². The summed E-state index contributed by atoms with van der Waals surface area (Å²) in [5.74, 6) is 2.82. The Labute approximate surface area is 181 Å². The van der Waals surface area contributed by atoms with Crippen molar-refractivity contribution in [3.63, 3.8) is 0 Å². The van der Waals surface area contributed by atoms with Gasteiger partial charge < -0.3 is 4.74 Å². The van der Waals surface area contributed by atoms with Crippen molar-refractivity contribution in [2.45, 2.75) is 83.8 Å². The molecule has 162 valence electrons. The molecule has 4 fully saturated rings. The molecule has 29 heavy (non-hydrogen) atoms. The average molecular weight is 421 g/mol. The van der Waals surface area contributed by atoms with Crippen LogP contribution in [0.5, 0.6) is 0 Å². The first-order valence-corrected chi connectivity index (χ1v) is 12.2. The van der Waals surface area contributed by atoms with Crippen LogP contribution in [0.4, 0.5) is 0 Å². The molecule has 5 heteroatoms. The van der Waals surface area contributed by atoms with Gasteiger partial charge in [-0.05, 0) is 99.3 Å². The number of carbonyl (C=O) groups excluding carboxylic acids is 1. The number of nitrogens with zero attached hydrogens (tertiary/aromatic N) is 2. The van der Waals surface area contributed by atoms with Crippen molar-refractivity contribution in [2.24, 2.45) is 34.5 Å². The number of carbonyl (C=O) groups is 1. The smallest absolute Gasteiger partial charge is 0.321 e. The predicted octanol–water partition coefficient (Wildman–Crippen LogP) is 5.00. The Morgan fingerprint density at radius 2 is 1.83 bits per heavy atom. The zero-order valence-electron chi connectivity index (χ0n) is 18.3. The normalized spacial score (nSPS) is 46.3. The highest BCUT2D eigenvalue weighted by atomic mass is 35.5. The molecule has 0 aromatic rings. The summed E-state index contributed by atoms with van der Waals surface area (Å²) >= 11 is 5.65. The minimum absolute atomic E-state index is 0.0369. The summed E-state index contributed by atoms with van der Waals surface area (Å²) in [5, 5.41) is 9.19. The molecular formula is C24H37ClN2O2. The molecule has 4 saturated carbocycles. The SMILES string of the molecule is CN(CC#N)[C@@H]1CC[C@H]2[C@@H]3CC[C@H]4C[C@H](OC(=O)CCl)CC[C@]4(C)[C@H]3CC[C@@]21C. The van der Waals surface area contributed by atoms with Gasteiger partial charge in [0.05, 0.1) is 12.6 Å². The van der Waals surface area contributed by atoms with Crippen molar-refractivity contribution in [1.82, 2.24) is 4.90 Å². The maximum atomic E-state index is 11.7. The molecule has 0 heterocycles. The van der Waals surface area contributed by atoms with Crippen molar-refractivity contribution in [2.75, 3.05) is 19.5 Å². The Balaban J connectivity index is 1.49. The third-order valence-corrected chi connectivity index (χ3v) is 10.0. The summed E-state index contributed by atoms with van der Waals surface area (Å²) in [7, 11) is 2.15. The first-order valence-electron chi connectivity index (χ1n) is 11.7. The Bertz CT molecular complexity index is 678. The van der Waals surface area contributed by atoms with Crippen LogP contribution in [0.3, 0.4) is 0 Å². The molecular weight excluding hydrogens is 384 g/mol. The zero-order valence-corrected chi connectivity index (χ0v) is 19.1. The van der Waals surface area contributed by atoms with Gasteiger partial charge in [0.15, 0.2) is 0 Å². The van der Waals surface area contributed by atoms with E-state index in [1.807, 2.05) is 0 Å². The van der Waals surface area contributed by atoms with Gasteiger partial charge in [-0.15, -0.1) is 11.6 Å². The molecule has 0 saturated heterocycles. The van der Waals surface area contributed by atoms with E-state index in [-0.39, 0.29) is 18.0 Å². The number of nitriles is 1. The van der Waals surface area contributed by atoms with Crippen LogP contribution in [-0.4, -0.2) is 42.5 Å². The highest BCUT2D eigenvalue weighted by Crippen LogP contribution is 2.66. The van der Waals surface area contributed by atoms with Crippen LogP contribution in [0.2, 0.25) is 0 Å². The molecule has 8 atom stereocenters. The Morgan fingerprint density at radius 3 is 2.55 bits per heavy atom. The van der Waals surface area contributed by atoms with E-state index in [0.717, 1.165) is 30.6 Å². The number of ether oxygens (including phenoxy) is 1. The minimum atomic E-state index is -0.263. The van der Waals surface area contributed by atoms with Crippen molar-refractivity contribution < 1.29 is 9.53 Å². The van der Waals surface area contributed by atoms with Gasteiger partial charge in [-0.1, -0.05) is 13.8 Å². The van der Waals surface area contributed by atoms with Crippen LogP contribution in [0.1, 0.15) is 71.6 Å². The van der Waals surface area contributed by atoms with Crippen LogP contribution < -0.4 is 0 Å². The van der Waals surface area contributed by atoms with E-state index in [1.54, 1.807) is 0 Å². The quantitative estimate of drug-likeness (QED) is 0.364. The number of halogens is 1. The number of hydrogen-bond acceptors (Lipinski definition) is 4. The van der Waals surface area contributed by atoms with Gasteiger partial charge in [0.25, 0.3) is 0 Å². The second-order valence-electron chi connectivity index (χ2n) is 10.9. The third-order valence-electron chi connectivity index (χ3n) is 9.83. The molecule has 0 aromatic heterocycles. The standard InChI is InChI=1S/C24H37ClN2O2/c1-23-10-8-17(29-22(28)15-25)14-16(23)4-5-18-19-6-7-21(27(3)13-12-26)24(19,2)11-9-20(18)23/h16-21H,4-11,13-15H2,1-3H3/t16-,17+,18-,19-,20-,21+,23-,24-/m0/s1. The fourth-order valence-corrected chi connectivity index (χ4v) is 8.52. The van der Waals surface area contributed by atoms with Crippen molar-refractivity contribution in [3.05, 3.63) is 0 Å². The Kier molecular flexibility index (Phi) is 5.95. The average Bonchev–Trinajstić information content (AvgIpc) is 3.05. The molecule has 0 amide bonds. The highest BCUT2D eigenvalue weighted by molar-refractivity contribution is 6.26. The lowest BCUT2D eigenvalue weighted by Gasteiger charge is -2.61. The van der Waals surface area contributed by atoms with E-state index in [2.05, 4.69) is 31.9 Å². The first kappa shape index (κ1) is 21.4. The second kappa shape index (κ2) is 8.04. The lowest BCUT2D eigenvalue weighted by Crippen LogP contribution is -2.56. The summed E-state index contributed by atoms with van der Waals surface area (Å²) < 4.78 is 5.62. The largest absolute Gasteiger partial charge is 0.461 e. The first-order chi connectivity index (χ1) is 13.8. The molecule has 0 N–H and O–H groups in total. The Morgan fingerprint density at radius 1 is 1.10 bits per heavy atom. The second-order valence-corrected chi connectivity index (χ2v) is 11.2. The van der Waals surface area contributed by atoms with Crippen LogP contribution in [0, 0.1) is 45.8 Å². The molecule has 0 radical (unpaired) electrons. The molecule has 0 spiro atoms. The summed E-state index contributed by atoms with van der Waals surface area (Å²) in [6.07, 6.45) is 11.1. The molecule has 0 bridgehead atoms.